The van der Waals surface area contributed by atoms with Gasteiger partial charge < -0.3 is 15.8 Å². The van der Waals surface area contributed by atoms with Gasteiger partial charge >= 0.3 is 0 Å². The molecular formula is C21H23ClN4O4S2. The molecule has 2 amide bonds. The summed E-state index contributed by atoms with van der Waals surface area (Å²) in [7, 11) is 0. The Morgan fingerprint density at radius 1 is 1.34 bits per heavy atom. The molecule has 3 aromatic rings. The molecule has 0 aliphatic carbocycles. The van der Waals surface area contributed by atoms with Gasteiger partial charge in [-0.15, -0.1) is 11.3 Å². The van der Waals surface area contributed by atoms with Crippen LogP contribution in [0.25, 0.3) is 10.9 Å². The summed E-state index contributed by atoms with van der Waals surface area (Å²) in [5.41, 5.74) is 5.84. The number of fused-ring (bicyclic) bond motifs is 1. The molecule has 2 aromatic heterocycles. The van der Waals surface area contributed by atoms with Crippen molar-refractivity contribution < 1.29 is 14.3 Å². The molecule has 1 aromatic carbocycles. The Hall–Kier alpha value is -2.40. The highest BCUT2D eigenvalue weighted by molar-refractivity contribution is 7.99. The number of aromatic nitrogens is 2. The molecule has 0 bridgehead atoms. The van der Waals surface area contributed by atoms with Gasteiger partial charge in [-0.05, 0) is 49.9 Å². The molecule has 0 aliphatic rings. The normalized spacial score (nSPS) is 11.2. The highest BCUT2D eigenvalue weighted by Crippen LogP contribution is 2.24. The smallest absolute Gasteiger partial charge is 0.262 e. The van der Waals surface area contributed by atoms with Crippen molar-refractivity contribution in [1.82, 2.24) is 9.55 Å². The van der Waals surface area contributed by atoms with Gasteiger partial charge in [0.1, 0.15) is 5.00 Å². The number of hydrogen-bond acceptors (Lipinski definition) is 7. The number of anilines is 1. The van der Waals surface area contributed by atoms with E-state index < -0.39 is 5.91 Å². The standard InChI is InChI=1S/C21H23ClN4O4S2/c1-12(2)30-8-3-7-26-20(29)14-5-4-13(22)10-16(14)24-21(26)32-11-17(27)25-19-15(18(23)28)6-9-31-19/h4-6,9-10,12H,3,7-8,11H2,1-2H3,(H2,23,28)(H,25,27). The molecule has 0 spiro atoms. The fraction of sp³-hybridized carbons (Fsp3) is 0.333. The number of nitrogens with one attached hydrogen (secondary N) is 1. The molecule has 0 fully saturated rings. The second kappa shape index (κ2) is 11.0. The lowest BCUT2D eigenvalue weighted by Gasteiger charge is -2.14. The number of nitrogens with two attached hydrogens (primary N) is 1. The molecule has 0 unspecified atom stereocenters. The van der Waals surface area contributed by atoms with Crippen molar-refractivity contribution >= 4 is 62.4 Å². The van der Waals surface area contributed by atoms with Gasteiger partial charge in [-0.3, -0.25) is 19.0 Å². The van der Waals surface area contributed by atoms with Gasteiger partial charge in [0, 0.05) is 18.2 Å². The highest BCUT2D eigenvalue weighted by Gasteiger charge is 2.16. The van der Waals surface area contributed by atoms with E-state index in [1.165, 1.54) is 11.3 Å². The molecule has 2 heterocycles. The van der Waals surface area contributed by atoms with E-state index in [9.17, 15) is 14.4 Å². The summed E-state index contributed by atoms with van der Waals surface area (Å²) in [6, 6.07) is 6.48. The Kier molecular flexibility index (Phi) is 8.30. The van der Waals surface area contributed by atoms with Crippen LogP contribution in [-0.2, 0) is 16.1 Å². The SMILES string of the molecule is CC(C)OCCCn1c(SCC(=O)Nc2sccc2C(N)=O)nc2cc(Cl)ccc2c1=O. The number of carbonyl (C=O) groups excluding carboxylic acids is 2. The van der Waals surface area contributed by atoms with Crippen LogP contribution in [0.4, 0.5) is 5.00 Å². The Labute approximate surface area is 198 Å². The van der Waals surface area contributed by atoms with Gasteiger partial charge in [-0.2, -0.15) is 0 Å². The second-order valence-corrected chi connectivity index (χ2v) is 9.45. The first kappa shape index (κ1) is 24.2. The number of thiophene rings is 1. The Balaban J connectivity index is 1.80. The minimum absolute atomic E-state index is 0.00287. The van der Waals surface area contributed by atoms with Gasteiger partial charge in [0.15, 0.2) is 5.16 Å². The van der Waals surface area contributed by atoms with Crippen molar-refractivity contribution in [2.75, 3.05) is 17.7 Å². The summed E-state index contributed by atoms with van der Waals surface area (Å²) in [5, 5.41) is 6.09. The third-order valence-electron chi connectivity index (χ3n) is 4.38. The summed E-state index contributed by atoms with van der Waals surface area (Å²) in [5.74, 6) is -0.952. The Morgan fingerprint density at radius 3 is 2.84 bits per heavy atom. The largest absolute Gasteiger partial charge is 0.379 e. The predicted octanol–water partition coefficient (Wildman–Crippen LogP) is 3.76. The molecule has 3 N–H and O–H groups in total. The summed E-state index contributed by atoms with van der Waals surface area (Å²) >= 11 is 8.42. The number of nitrogens with zero attached hydrogens (tertiary/aromatic N) is 2. The first-order valence-electron chi connectivity index (χ1n) is 9.88. The molecule has 11 heteroatoms. The highest BCUT2D eigenvalue weighted by atomic mass is 35.5. The number of carbonyl (C=O) groups is 2. The van der Waals surface area contributed by atoms with E-state index in [0.717, 1.165) is 11.8 Å². The van der Waals surface area contributed by atoms with Gasteiger partial charge in [-0.1, -0.05) is 23.4 Å². The van der Waals surface area contributed by atoms with E-state index in [2.05, 4.69) is 10.3 Å². The molecule has 8 nitrogen and oxygen atoms in total. The lowest BCUT2D eigenvalue weighted by atomic mass is 10.2. The first-order chi connectivity index (χ1) is 15.3. The lowest BCUT2D eigenvalue weighted by molar-refractivity contribution is -0.113. The van der Waals surface area contributed by atoms with Crippen molar-refractivity contribution in [3.05, 3.63) is 50.6 Å². The maximum absolute atomic E-state index is 13.1. The van der Waals surface area contributed by atoms with Crippen LogP contribution < -0.4 is 16.6 Å². The molecule has 0 saturated heterocycles. The Morgan fingerprint density at radius 2 is 2.12 bits per heavy atom. The van der Waals surface area contributed by atoms with Crippen LogP contribution >= 0.6 is 34.7 Å². The van der Waals surface area contributed by atoms with Crippen LogP contribution in [0.15, 0.2) is 39.6 Å². The number of amides is 2. The maximum atomic E-state index is 13.1. The number of primary amides is 1. The monoisotopic (exact) mass is 494 g/mol. The van der Waals surface area contributed by atoms with Crippen LogP contribution in [0.1, 0.15) is 30.6 Å². The van der Waals surface area contributed by atoms with E-state index in [1.807, 2.05) is 13.8 Å². The van der Waals surface area contributed by atoms with Crippen molar-refractivity contribution in [3.8, 4) is 0 Å². The second-order valence-electron chi connectivity index (χ2n) is 7.15. The zero-order valence-electron chi connectivity index (χ0n) is 17.6. The number of benzene rings is 1. The zero-order chi connectivity index (χ0) is 23.3. The van der Waals surface area contributed by atoms with Crippen molar-refractivity contribution in [2.24, 2.45) is 5.73 Å². The van der Waals surface area contributed by atoms with Crippen molar-refractivity contribution in [3.63, 3.8) is 0 Å². The summed E-state index contributed by atoms with van der Waals surface area (Å²) < 4.78 is 7.13. The maximum Gasteiger partial charge on any atom is 0.262 e. The van der Waals surface area contributed by atoms with E-state index in [0.29, 0.717) is 45.7 Å². The number of thioether (sulfide) groups is 1. The summed E-state index contributed by atoms with van der Waals surface area (Å²) in [6.07, 6.45) is 0.721. The minimum atomic E-state index is -0.611. The molecule has 3 rings (SSSR count). The van der Waals surface area contributed by atoms with Gasteiger partial charge in [0.2, 0.25) is 5.91 Å². The molecule has 0 saturated carbocycles. The van der Waals surface area contributed by atoms with E-state index in [4.69, 9.17) is 22.1 Å². The number of ether oxygens (including phenoxy) is 1. The summed E-state index contributed by atoms with van der Waals surface area (Å²) in [4.78, 5) is 41.6. The van der Waals surface area contributed by atoms with Crippen LogP contribution in [0.3, 0.4) is 0 Å². The molecular weight excluding hydrogens is 472 g/mol. The van der Waals surface area contributed by atoms with Crippen molar-refractivity contribution in [1.29, 1.82) is 0 Å². The van der Waals surface area contributed by atoms with Gasteiger partial charge in [-0.25, -0.2) is 4.98 Å². The van der Waals surface area contributed by atoms with E-state index >= 15 is 0 Å². The van der Waals surface area contributed by atoms with Crippen LogP contribution in [0.5, 0.6) is 0 Å². The molecule has 170 valence electrons. The zero-order valence-corrected chi connectivity index (χ0v) is 20.0. The fourth-order valence-corrected chi connectivity index (χ4v) is 4.72. The quantitative estimate of drug-likeness (QED) is 0.252. The average molecular weight is 495 g/mol. The minimum Gasteiger partial charge on any atom is -0.379 e. The van der Waals surface area contributed by atoms with Crippen molar-refractivity contribution in [2.45, 2.75) is 38.1 Å². The molecule has 0 aliphatic heterocycles. The Bertz CT molecular complexity index is 1190. The fourth-order valence-electron chi connectivity index (χ4n) is 2.92. The molecule has 0 radical (unpaired) electrons. The average Bonchev–Trinajstić information content (AvgIpc) is 3.19. The topological polar surface area (TPSA) is 116 Å². The van der Waals surface area contributed by atoms with Crippen LogP contribution in [-0.4, -0.2) is 39.8 Å². The molecule has 32 heavy (non-hydrogen) atoms. The number of halogens is 1. The molecule has 0 atom stereocenters. The van der Waals surface area contributed by atoms with E-state index in [1.54, 1.807) is 34.2 Å². The number of rotatable bonds is 10. The third kappa shape index (κ3) is 6.10. The lowest BCUT2D eigenvalue weighted by Crippen LogP contribution is -2.25. The third-order valence-corrected chi connectivity index (χ3v) is 6.42. The summed E-state index contributed by atoms with van der Waals surface area (Å²) in [6.45, 7) is 4.80. The van der Waals surface area contributed by atoms with E-state index in [-0.39, 0.29) is 28.9 Å². The van der Waals surface area contributed by atoms with Crippen LogP contribution in [0, 0.1) is 0 Å². The number of hydrogen-bond donors (Lipinski definition) is 2. The van der Waals surface area contributed by atoms with Crippen LogP contribution in [0.2, 0.25) is 5.02 Å². The van der Waals surface area contributed by atoms with Gasteiger partial charge in [0.25, 0.3) is 11.5 Å². The predicted molar refractivity (Wildman–Crippen MR) is 129 cm³/mol. The first-order valence-corrected chi connectivity index (χ1v) is 12.1. The van der Waals surface area contributed by atoms with Gasteiger partial charge in [0.05, 0.1) is 28.3 Å².